The van der Waals surface area contributed by atoms with Crippen LogP contribution in [-0.4, -0.2) is 44.2 Å². The molecular weight excluding hydrogens is 320 g/mol. The van der Waals surface area contributed by atoms with Gasteiger partial charge in [-0.1, -0.05) is 17.3 Å². The highest BCUT2D eigenvalue weighted by molar-refractivity contribution is 5.75. The monoisotopic (exact) mass is 346 g/mol. The van der Waals surface area contributed by atoms with Gasteiger partial charge in [0, 0.05) is 31.4 Å². The van der Waals surface area contributed by atoms with E-state index in [2.05, 4.69) is 27.7 Å². The van der Waals surface area contributed by atoms with Gasteiger partial charge in [0.05, 0.1) is 17.9 Å². The minimum absolute atomic E-state index is 0.0184. The van der Waals surface area contributed by atoms with E-state index in [9.17, 15) is 4.79 Å². The van der Waals surface area contributed by atoms with Crippen molar-refractivity contribution in [2.24, 2.45) is 5.92 Å². The Morgan fingerprint density at radius 1 is 1.48 bits per heavy atom. The van der Waals surface area contributed by atoms with Crippen molar-refractivity contribution in [2.75, 3.05) is 13.1 Å². The Balaban J connectivity index is 1.61. The fourth-order valence-corrected chi connectivity index (χ4v) is 3.60. The predicted molar refractivity (Wildman–Crippen MR) is 91.9 cm³/mol. The Labute approximate surface area is 147 Å². The zero-order valence-corrected chi connectivity index (χ0v) is 15.1. The van der Waals surface area contributed by atoms with Gasteiger partial charge in [-0.15, -0.1) is 5.10 Å². The molecule has 2 aromatic heterocycles. The summed E-state index contributed by atoms with van der Waals surface area (Å²) in [7, 11) is 0. The van der Waals surface area contributed by atoms with Gasteiger partial charge in [-0.05, 0) is 39.0 Å². The number of nitrogens with zero attached hydrogens (tertiary/aromatic N) is 5. The Kier molecular flexibility index (Phi) is 5.35. The van der Waals surface area contributed by atoms with Gasteiger partial charge in [0.15, 0.2) is 0 Å². The molecule has 0 spiro atoms. The molecule has 8 nitrogen and oxygen atoms in total. The Hall–Kier alpha value is -2.38. The molecule has 0 aliphatic carbocycles. The molecule has 3 rings (SSSR count). The van der Waals surface area contributed by atoms with E-state index in [1.165, 1.54) is 0 Å². The summed E-state index contributed by atoms with van der Waals surface area (Å²) in [6, 6.07) is -0.0930. The van der Waals surface area contributed by atoms with Crippen molar-refractivity contribution in [1.82, 2.24) is 30.4 Å². The molecule has 136 valence electrons. The molecule has 2 unspecified atom stereocenters. The third-order valence-electron chi connectivity index (χ3n) is 4.87. The van der Waals surface area contributed by atoms with Crippen molar-refractivity contribution in [2.45, 2.75) is 52.6 Å². The van der Waals surface area contributed by atoms with Gasteiger partial charge in [0.25, 0.3) is 0 Å². The number of carbonyl (C=O) groups is 1. The Morgan fingerprint density at radius 3 is 2.96 bits per heavy atom. The number of hydrogen-bond donors (Lipinski definition) is 1. The number of hydrogen-bond acceptors (Lipinski definition) is 5. The number of aryl methyl sites for hydroxylation is 2. The number of aromatic nitrogens is 4. The van der Waals surface area contributed by atoms with Crippen LogP contribution in [0.2, 0.25) is 0 Å². The standard InChI is InChI=1S/C17H26N6O2/c1-4-15(16-12(2)20-25-13(16)3)19-17(24)22-8-5-6-14(10-22)11-23-9-7-18-21-23/h7,9,14-15H,4-6,8,10-11H2,1-3H3,(H,19,24). The van der Waals surface area contributed by atoms with E-state index >= 15 is 0 Å². The van der Waals surface area contributed by atoms with Gasteiger partial charge >= 0.3 is 6.03 Å². The minimum atomic E-state index is -0.0746. The van der Waals surface area contributed by atoms with Gasteiger partial charge in [-0.2, -0.15) is 0 Å². The lowest BCUT2D eigenvalue weighted by Gasteiger charge is -2.33. The number of piperidine rings is 1. The van der Waals surface area contributed by atoms with Crippen molar-refractivity contribution >= 4 is 6.03 Å². The predicted octanol–water partition coefficient (Wildman–Crippen LogP) is 2.46. The normalized spacial score (nSPS) is 19.0. The van der Waals surface area contributed by atoms with Crippen LogP contribution in [-0.2, 0) is 6.54 Å². The molecule has 1 saturated heterocycles. The third-order valence-corrected chi connectivity index (χ3v) is 4.87. The molecule has 8 heteroatoms. The van der Waals surface area contributed by atoms with Crippen molar-refractivity contribution < 1.29 is 9.32 Å². The minimum Gasteiger partial charge on any atom is -0.361 e. The van der Waals surface area contributed by atoms with Crippen LogP contribution in [0.3, 0.4) is 0 Å². The Morgan fingerprint density at radius 2 is 2.32 bits per heavy atom. The molecule has 25 heavy (non-hydrogen) atoms. The quantitative estimate of drug-likeness (QED) is 0.898. The number of rotatable bonds is 5. The molecule has 2 atom stereocenters. The maximum absolute atomic E-state index is 12.8. The van der Waals surface area contributed by atoms with Gasteiger partial charge < -0.3 is 14.7 Å². The van der Waals surface area contributed by atoms with Crippen LogP contribution in [0.5, 0.6) is 0 Å². The van der Waals surface area contributed by atoms with Crippen LogP contribution in [0.1, 0.15) is 49.2 Å². The summed E-state index contributed by atoms with van der Waals surface area (Å²) >= 11 is 0. The SMILES string of the molecule is CCC(NC(=O)N1CCCC(Cn2ccnn2)C1)c1c(C)noc1C. The first-order valence-corrected chi connectivity index (χ1v) is 8.90. The van der Waals surface area contributed by atoms with E-state index in [0.29, 0.717) is 5.92 Å². The van der Waals surface area contributed by atoms with Crippen LogP contribution in [0, 0.1) is 19.8 Å². The molecule has 1 fully saturated rings. The number of urea groups is 1. The van der Waals surface area contributed by atoms with E-state index in [0.717, 1.165) is 55.9 Å². The molecule has 1 aliphatic heterocycles. The van der Waals surface area contributed by atoms with E-state index < -0.39 is 0 Å². The van der Waals surface area contributed by atoms with Crippen molar-refractivity contribution in [3.8, 4) is 0 Å². The first-order chi connectivity index (χ1) is 12.1. The maximum Gasteiger partial charge on any atom is 0.317 e. The topological polar surface area (TPSA) is 89.1 Å². The highest BCUT2D eigenvalue weighted by Gasteiger charge is 2.27. The maximum atomic E-state index is 12.8. The van der Waals surface area contributed by atoms with Crippen LogP contribution >= 0.6 is 0 Å². The highest BCUT2D eigenvalue weighted by atomic mass is 16.5. The molecule has 3 heterocycles. The van der Waals surface area contributed by atoms with E-state index in [1.54, 1.807) is 6.20 Å². The van der Waals surface area contributed by atoms with Gasteiger partial charge in [-0.3, -0.25) is 4.68 Å². The molecule has 0 bridgehead atoms. The first-order valence-electron chi connectivity index (χ1n) is 8.90. The number of likely N-dealkylation sites (tertiary alicyclic amines) is 1. The third kappa shape index (κ3) is 4.00. The van der Waals surface area contributed by atoms with Crippen LogP contribution < -0.4 is 5.32 Å². The van der Waals surface area contributed by atoms with Crippen molar-refractivity contribution in [3.05, 3.63) is 29.4 Å². The summed E-state index contributed by atoms with van der Waals surface area (Å²) in [6.45, 7) is 8.18. The molecule has 2 aromatic rings. The fraction of sp³-hybridized carbons (Fsp3) is 0.647. The Bertz CT molecular complexity index is 677. The second-order valence-electron chi connectivity index (χ2n) is 6.73. The average Bonchev–Trinajstić information content (AvgIpc) is 3.23. The van der Waals surface area contributed by atoms with Crippen LogP contribution in [0.15, 0.2) is 16.9 Å². The first kappa shape index (κ1) is 17.4. The number of carbonyl (C=O) groups excluding carboxylic acids is 1. The van der Waals surface area contributed by atoms with Gasteiger partial charge in [0.1, 0.15) is 5.76 Å². The van der Waals surface area contributed by atoms with E-state index in [1.807, 2.05) is 29.6 Å². The summed E-state index contributed by atoms with van der Waals surface area (Å²) in [5.41, 5.74) is 1.83. The lowest BCUT2D eigenvalue weighted by Crippen LogP contribution is -2.47. The summed E-state index contributed by atoms with van der Waals surface area (Å²) in [6.07, 6.45) is 6.46. The second-order valence-corrected chi connectivity index (χ2v) is 6.73. The smallest absolute Gasteiger partial charge is 0.317 e. The second kappa shape index (κ2) is 7.67. The summed E-state index contributed by atoms with van der Waals surface area (Å²) < 4.78 is 7.09. The fourth-order valence-electron chi connectivity index (χ4n) is 3.60. The summed E-state index contributed by atoms with van der Waals surface area (Å²) in [5, 5.41) is 15.0. The summed E-state index contributed by atoms with van der Waals surface area (Å²) in [5.74, 6) is 1.17. The number of amides is 2. The van der Waals surface area contributed by atoms with Crippen LogP contribution in [0.4, 0.5) is 4.79 Å². The molecule has 0 radical (unpaired) electrons. The molecular formula is C17H26N6O2. The van der Waals surface area contributed by atoms with Crippen molar-refractivity contribution in [3.63, 3.8) is 0 Å². The lowest BCUT2D eigenvalue weighted by atomic mass is 9.98. The zero-order valence-electron chi connectivity index (χ0n) is 15.1. The highest BCUT2D eigenvalue weighted by Crippen LogP contribution is 2.25. The number of nitrogens with one attached hydrogen (secondary N) is 1. The molecule has 0 saturated carbocycles. The zero-order chi connectivity index (χ0) is 17.8. The van der Waals surface area contributed by atoms with Gasteiger partial charge in [0.2, 0.25) is 0 Å². The van der Waals surface area contributed by atoms with E-state index in [4.69, 9.17) is 4.52 Å². The molecule has 2 amide bonds. The largest absolute Gasteiger partial charge is 0.361 e. The molecule has 1 aliphatic rings. The van der Waals surface area contributed by atoms with Crippen LogP contribution in [0.25, 0.3) is 0 Å². The van der Waals surface area contributed by atoms with Gasteiger partial charge in [-0.25, -0.2) is 4.79 Å². The summed E-state index contributed by atoms with van der Waals surface area (Å²) in [4.78, 5) is 14.7. The average molecular weight is 346 g/mol. The molecule has 0 aromatic carbocycles. The lowest BCUT2D eigenvalue weighted by molar-refractivity contribution is 0.154. The van der Waals surface area contributed by atoms with E-state index in [-0.39, 0.29) is 12.1 Å². The molecule has 1 N–H and O–H groups in total. The van der Waals surface area contributed by atoms with Crippen molar-refractivity contribution in [1.29, 1.82) is 0 Å².